The van der Waals surface area contributed by atoms with Crippen LogP contribution in [0.3, 0.4) is 0 Å². The van der Waals surface area contributed by atoms with E-state index in [1.807, 2.05) is 56.3 Å². The Kier molecular flexibility index (Phi) is 9.44. The highest BCUT2D eigenvalue weighted by atomic mass is 35.5. The Balaban J connectivity index is 1.75. The number of carbonyl (C=O) groups is 2. The second kappa shape index (κ2) is 12.8. The molecular formula is C30H34ClNO5S. The van der Waals surface area contributed by atoms with E-state index in [4.69, 9.17) is 25.8 Å². The number of methoxy groups -OCH3 is 1. The van der Waals surface area contributed by atoms with Gasteiger partial charge in [-0.2, -0.15) is 11.8 Å². The Morgan fingerprint density at radius 1 is 1.08 bits per heavy atom. The Hall–Kier alpha value is -2.90. The number of hydrogen-bond acceptors (Lipinski definition) is 7. The van der Waals surface area contributed by atoms with E-state index >= 15 is 0 Å². The van der Waals surface area contributed by atoms with Crippen LogP contribution < -0.4 is 14.8 Å². The number of hydrogen-bond donors (Lipinski definition) is 1. The Morgan fingerprint density at radius 3 is 2.50 bits per heavy atom. The summed E-state index contributed by atoms with van der Waals surface area (Å²) < 4.78 is 17.0. The first-order valence-electron chi connectivity index (χ1n) is 12.9. The van der Waals surface area contributed by atoms with E-state index in [1.54, 1.807) is 18.9 Å². The zero-order chi connectivity index (χ0) is 27.2. The minimum absolute atomic E-state index is 0.0101. The monoisotopic (exact) mass is 555 g/mol. The molecule has 1 aliphatic carbocycles. The molecule has 2 atom stereocenters. The lowest BCUT2D eigenvalue weighted by Crippen LogP contribution is -2.36. The highest BCUT2D eigenvalue weighted by Gasteiger charge is 2.41. The molecule has 0 bridgehead atoms. The van der Waals surface area contributed by atoms with Gasteiger partial charge in [0.15, 0.2) is 17.3 Å². The number of Topliss-reactive ketones (excluding diaryl/α,β-unsaturated/α-hetero) is 1. The van der Waals surface area contributed by atoms with Crippen molar-refractivity contribution in [2.75, 3.05) is 31.8 Å². The van der Waals surface area contributed by atoms with Gasteiger partial charge in [0.05, 0.1) is 19.3 Å². The van der Waals surface area contributed by atoms with Crippen LogP contribution in [0, 0.1) is 0 Å². The van der Waals surface area contributed by atoms with Crippen LogP contribution in [0.25, 0.3) is 0 Å². The number of allylic oxidation sites excluding steroid dienone is 3. The fraction of sp³-hybridized carbons (Fsp3) is 0.400. The van der Waals surface area contributed by atoms with Crippen molar-refractivity contribution in [1.29, 1.82) is 0 Å². The predicted molar refractivity (Wildman–Crippen MR) is 152 cm³/mol. The van der Waals surface area contributed by atoms with Gasteiger partial charge < -0.3 is 19.5 Å². The highest BCUT2D eigenvalue weighted by Crippen LogP contribution is 2.47. The van der Waals surface area contributed by atoms with Crippen molar-refractivity contribution in [1.82, 2.24) is 5.32 Å². The maximum atomic E-state index is 13.8. The Labute approximate surface area is 233 Å². The molecule has 0 amide bonds. The molecule has 8 heteroatoms. The standard InChI is InChI=1S/C30H34ClNO5S/c1-5-36-25-12-9-20(17-26(25)35-4)28-27(30(34)37-13-14-38-6-2)18(3)32-23-15-21(16-24(33)29(23)28)19-7-10-22(31)11-8-19/h7-12,17,21,28,32H,5-6,13-16H2,1-4H3/t21-,28+/m0/s1. The number of ether oxygens (including phenoxy) is 3. The van der Waals surface area contributed by atoms with Crippen LogP contribution in [0.4, 0.5) is 0 Å². The van der Waals surface area contributed by atoms with Crippen molar-refractivity contribution >= 4 is 35.1 Å². The first-order chi connectivity index (χ1) is 18.4. The summed E-state index contributed by atoms with van der Waals surface area (Å²) in [7, 11) is 1.58. The summed E-state index contributed by atoms with van der Waals surface area (Å²) >= 11 is 7.80. The molecule has 0 unspecified atom stereocenters. The number of dihydropyridines is 1. The quantitative estimate of drug-likeness (QED) is 0.268. The molecule has 1 N–H and O–H groups in total. The van der Waals surface area contributed by atoms with E-state index in [-0.39, 0.29) is 11.7 Å². The Morgan fingerprint density at radius 2 is 1.82 bits per heavy atom. The van der Waals surface area contributed by atoms with Gasteiger partial charge in [-0.15, -0.1) is 0 Å². The lowest BCUT2D eigenvalue weighted by Gasteiger charge is -2.37. The maximum Gasteiger partial charge on any atom is 0.336 e. The molecule has 38 heavy (non-hydrogen) atoms. The number of thioether (sulfide) groups is 1. The van der Waals surface area contributed by atoms with Crippen LogP contribution in [0.15, 0.2) is 65.0 Å². The summed E-state index contributed by atoms with van der Waals surface area (Å²) in [6, 6.07) is 13.2. The molecule has 6 nitrogen and oxygen atoms in total. The van der Waals surface area contributed by atoms with Crippen molar-refractivity contribution < 1.29 is 23.8 Å². The second-order valence-electron chi connectivity index (χ2n) is 9.24. The molecule has 2 aliphatic rings. The van der Waals surface area contributed by atoms with Gasteiger partial charge in [0, 0.05) is 40.1 Å². The molecule has 2 aromatic carbocycles. The summed E-state index contributed by atoms with van der Waals surface area (Å²) in [5.74, 6) is 1.89. The zero-order valence-electron chi connectivity index (χ0n) is 22.3. The first kappa shape index (κ1) is 28.1. The van der Waals surface area contributed by atoms with E-state index in [0.29, 0.717) is 59.4 Å². The third kappa shape index (κ3) is 6.05. The van der Waals surface area contributed by atoms with Gasteiger partial charge in [-0.25, -0.2) is 4.79 Å². The van der Waals surface area contributed by atoms with E-state index in [2.05, 4.69) is 12.2 Å². The first-order valence-corrected chi connectivity index (χ1v) is 14.5. The van der Waals surface area contributed by atoms with Gasteiger partial charge in [0.2, 0.25) is 0 Å². The SMILES string of the molecule is CCOc1ccc([C@@H]2C(C(=O)OCCSCC)=C(C)NC3=C2C(=O)C[C@@H](c2ccc(Cl)cc2)C3)cc1OC. The molecule has 4 rings (SSSR count). The highest BCUT2D eigenvalue weighted by molar-refractivity contribution is 7.99. The van der Waals surface area contributed by atoms with Crippen LogP contribution in [0.5, 0.6) is 11.5 Å². The largest absolute Gasteiger partial charge is 0.493 e. The molecule has 0 fully saturated rings. The fourth-order valence-electron chi connectivity index (χ4n) is 5.17. The van der Waals surface area contributed by atoms with Gasteiger partial charge >= 0.3 is 5.97 Å². The number of ketones is 1. The number of benzene rings is 2. The molecule has 0 saturated carbocycles. The van der Waals surface area contributed by atoms with Gasteiger partial charge in [-0.3, -0.25) is 4.79 Å². The van der Waals surface area contributed by atoms with Crippen LogP contribution in [-0.2, 0) is 14.3 Å². The van der Waals surface area contributed by atoms with Gasteiger partial charge in [0.1, 0.15) is 6.61 Å². The molecule has 202 valence electrons. The normalized spacial score (nSPS) is 19.1. The number of nitrogens with one attached hydrogen (secondary N) is 1. The Bertz CT molecular complexity index is 1250. The number of carbonyl (C=O) groups excluding carboxylic acids is 2. The van der Waals surface area contributed by atoms with Gasteiger partial charge in [0.25, 0.3) is 0 Å². The number of rotatable bonds is 10. The van der Waals surface area contributed by atoms with E-state index < -0.39 is 11.9 Å². The summed E-state index contributed by atoms with van der Waals surface area (Å²) in [4.78, 5) is 27.2. The summed E-state index contributed by atoms with van der Waals surface area (Å²) in [5.41, 5.74) is 4.45. The van der Waals surface area contributed by atoms with Crippen molar-refractivity contribution in [3.8, 4) is 11.5 Å². The third-order valence-corrected chi connectivity index (χ3v) is 7.99. The zero-order valence-corrected chi connectivity index (χ0v) is 23.8. The third-order valence-electron chi connectivity index (χ3n) is 6.87. The minimum atomic E-state index is -0.569. The fourth-order valence-corrected chi connectivity index (χ4v) is 5.78. The summed E-state index contributed by atoms with van der Waals surface area (Å²) in [5, 5.41) is 4.07. The molecule has 0 aromatic heterocycles. The van der Waals surface area contributed by atoms with Crippen LogP contribution in [-0.4, -0.2) is 43.6 Å². The molecule has 1 heterocycles. The molecule has 0 saturated heterocycles. The average molecular weight is 556 g/mol. The van der Waals surface area contributed by atoms with Crippen LogP contribution in [0.2, 0.25) is 5.02 Å². The van der Waals surface area contributed by atoms with E-state index in [1.165, 1.54) is 0 Å². The lowest BCUT2D eigenvalue weighted by atomic mass is 9.71. The number of halogens is 1. The van der Waals surface area contributed by atoms with Gasteiger partial charge in [-0.05, 0) is 67.3 Å². The minimum Gasteiger partial charge on any atom is -0.493 e. The molecule has 1 aliphatic heterocycles. The summed E-state index contributed by atoms with van der Waals surface area (Å²) in [6.45, 7) is 6.66. The molecule has 0 radical (unpaired) electrons. The van der Waals surface area contributed by atoms with Crippen molar-refractivity contribution in [2.45, 2.75) is 45.4 Å². The topological polar surface area (TPSA) is 73.9 Å². The smallest absolute Gasteiger partial charge is 0.336 e. The molecule has 2 aromatic rings. The van der Waals surface area contributed by atoms with Crippen LogP contribution in [0.1, 0.15) is 56.6 Å². The average Bonchev–Trinajstić information content (AvgIpc) is 2.91. The second-order valence-corrected chi connectivity index (χ2v) is 11.1. The van der Waals surface area contributed by atoms with E-state index in [9.17, 15) is 9.59 Å². The lowest BCUT2D eigenvalue weighted by molar-refractivity contribution is -0.138. The molecular weight excluding hydrogens is 522 g/mol. The maximum absolute atomic E-state index is 13.8. The summed E-state index contributed by atoms with van der Waals surface area (Å²) in [6.07, 6.45) is 1.00. The number of esters is 1. The molecule has 0 spiro atoms. The van der Waals surface area contributed by atoms with E-state index in [0.717, 1.165) is 28.3 Å². The van der Waals surface area contributed by atoms with Crippen LogP contribution >= 0.6 is 23.4 Å². The van der Waals surface area contributed by atoms with Gasteiger partial charge in [-0.1, -0.05) is 36.7 Å². The van der Waals surface area contributed by atoms with Crippen molar-refractivity contribution in [3.05, 3.63) is 81.2 Å². The van der Waals surface area contributed by atoms with Crippen molar-refractivity contribution in [3.63, 3.8) is 0 Å². The van der Waals surface area contributed by atoms with Crippen molar-refractivity contribution in [2.24, 2.45) is 0 Å². The predicted octanol–water partition coefficient (Wildman–Crippen LogP) is 6.41.